The Morgan fingerprint density at radius 3 is 2.72 bits per heavy atom. The van der Waals surface area contributed by atoms with Gasteiger partial charge in [-0.05, 0) is 37.6 Å². The molecule has 1 N–H and O–H groups in total. The van der Waals surface area contributed by atoms with Crippen LogP contribution in [0, 0.1) is 11.3 Å². The molecule has 18 heavy (non-hydrogen) atoms. The van der Waals surface area contributed by atoms with Gasteiger partial charge >= 0.3 is 0 Å². The van der Waals surface area contributed by atoms with Crippen molar-refractivity contribution < 1.29 is 9.84 Å². The monoisotopic (exact) mass is 246 g/mol. The van der Waals surface area contributed by atoms with Crippen molar-refractivity contribution in [1.29, 1.82) is 5.26 Å². The van der Waals surface area contributed by atoms with Gasteiger partial charge in [-0.1, -0.05) is 0 Å². The van der Waals surface area contributed by atoms with Gasteiger partial charge in [-0.15, -0.1) is 0 Å². The van der Waals surface area contributed by atoms with Crippen molar-refractivity contribution in [1.82, 2.24) is 4.90 Å². The molecule has 1 aromatic rings. The summed E-state index contributed by atoms with van der Waals surface area (Å²) in [6.07, 6.45) is 0.823. The smallest absolute Gasteiger partial charge is 0.119 e. The van der Waals surface area contributed by atoms with Crippen LogP contribution < -0.4 is 4.74 Å². The van der Waals surface area contributed by atoms with Crippen LogP contribution in [-0.4, -0.2) is 41.8 Å². The molecule has 0 saturated carbocycles. The molecule has 1 aliphatic heterocycles. The molecule has 1 unspecified atom stereocenters. The standard InChI is InChI=1S/C14H18N2O2/c1-14(17)6-7-16(11-14)8-9-18-13-4-2-12(10-15)3-5-13/h2-5,17H,6-9,11H2,1H3. The normalized spacial score (nSPS) is 23.8. The first kappa shape index (κ1) is 12.9. The summed E-state index contributed by atoms with van der Waals surface area (Å²) in [6.45, 7) is 4.92. The van der Waals surface area contributed by atoms with Crippen molar-refractivity contribution in [2.45, 2.75) is 18.9 Å². The summed E-state index contributed by atoms with van der Waals surface area (Å²) < 4.78 is 5.60. The summed E-state index contributed by atoms with van der Waals surface area (Å²) in [5.41, 5.74) is 0.0898. The van der Waals surface area contributed by atoms with Gasteiger partial charge in [-0.3, -0.25) is 4.90 Å². The molecule has 0 amide bonds. The Morgan fingerprint density at radius 1 is 1.44 bits per heavy atom. The van der Waals surface area contributed by atoms with E-state index in [1.54, 1.807) is 24.3 Å². The molecule has 1 aromatic carbocycles. The number of rotatable bonds is 4. The van der Waals surface area contributed by atoms with Gasteiger partial charge in [0.15, 0.2) is 0 Å². The Balaban J connectivity index is 1.74. The van der Waals surface area contributed by atoms with E-state index in [0.717, 1.165) is 25.3 Å². The lowest BCUT2D eigenvalue weighted by molar-refractivity contribution is 0.0670. The predicted octanol–water partition coefficient (Wildman–Crippen LogP) is 1.39. The predicted molar refractivity (Wildman–Crippen MR) is 68.3 cm³/mol. The Kier molecular flexibility index (Phi) is 3.85. The van der Waals surface area contributed by atoms with E-state index in [2.05, 4.69) is 11.0 Å². The van der Waals surface area contributed by atoms with Crippen LogP contribution in [0.1, 0.15) is 18.9 Å². The lowest BCUT2D eigenvalue weighted by Crippen LogP contribution is -2.32. The number of hydrogen-bond donors (Lipinski definition) is 1. The highest BCUT2D eigenvalue weighted by molar-refractivity contribution is 5.34. The number of aliphatic hydroxyl groups is 1. The largest absolute Gasteiger partial charge is 0.492 e. The van der Waals surface area contributed by atoms with Gasteiger partial charge in [0.2, 0.25) is 0 Å². The highest BCUT2D eigenvalue weighted by Crippen LogP contribution is 2.19. The van der Waals surface area contributed by atoms with Crippen molar-refractivity contribution in [2.75, 3.05) is 26.2 Å². The lowest BCUT2D eigenvalue weighted by Gasteiger charge is -2.18. The van der Waals surface area contributed by atoms with Gasteiger partial charge in [0.25, 0.3) is 0 Å². The molecule has 0 radical (unpaired) electrons. The lowest BCUT2D eigenvalue weighted by atomic mass is 10.1. The topological polar surface area (TPSA) is 56.5 Å². The fraction of sp³-hybridized carbons (Fsp3) is 0.500. The summed E-state index contributed by atoms with van der Waals surface area (Å²) in [6, 6.07) is 9.17. The molecule has 1 fully saturated rings. The van der Waals surface area contributed by atoms with E-state index in [4.69, 9.17) is 10.00 Å². The summed E-state index contributed by atoms with van der Waals surface area (Å²) in [5, 5.41) is 18.5. The van der Waals surface area contributed by atoms with Gasteiger partial charge in [0, 0.05) is 19.6 Å². The summed E-state index contributed by atoms with van der Waals surface area (Å²) in [4.78, 5) is 2.20. The number of β-amino-alcohol motifs (C(OH)–C–C–N with tert-alkyl or cyclic N) is 1. The van der Waals surface area contributed by atoms with Crippen molar-refractivity contribution in [3.05, 3.63) is 29.8 Å². The third-order valence-electron chi connectivity index (χ3n) is 3.19. The van der Waals surface area contributed by atoms with E-state index < -0.39 is 5.60 Å². The van der Waals surface area contributed by atoms with Crippen molar-refractivity contribution in [3.63, 3.8) is 0 Å². The molecule has 2 rings (SSSR count). The van der Waals surface area contributed by atoms with E-state index >= 15 is 0 Å². The van der Waals surface area contributed by atoms with Crippen LogP contribution in [0.15, 0.2) is 24.3 Å². The highest BCUT2D eigenvalue weighted by Gasteiger charge is 2.30. The van der Waals surface area contributed by atoms with Crippen LogP contribution in [0.3, 0.4) is 0 Å². The molecule has 1 atom stereocenters. The van der Waals surface area contributed by atoms with Gasteiger partial charge < -0.3 is 9.84 Å². The van der Waals surface area contributed by atoms with Crippen molar-refractivity contribution in [3.8, 4) is 11.8 Å². The number of ether oxygens (including phenoxy) is 1. The van der Waals surface area contributed by atoms with Gasteiger partial charge in [-0.2, -0.15) is 5.26 Å². The molecule has 0 spiro atoms. The molecule has 1 saturated heterocycles. The summed E-state index contributed by atoms with van der Waals surface area (Å²) in [5.74, 6) is 0.778. The fourth-order valence-corrected chi connectivity index (χ4v) is 2.15. The molecule has 0 aliphatic carbocycles. The summed E-state index contributed by atoms with van der Waals surface area (Å²) in [7, 11) is 0. The minimum Gasteiger partial charge on any atom is -0.492 e. The SMILES string of the molecule is CC1(O)CCN(CCOc2ccc(C#N)cc2)C1. The Bertz CT molecular complexity index is 434. The highest BCUT2D eigenvalue weighted by atomic mass is 16.5. The minimum absolute atomic E-state index is 0.547. The second-order valence-electron chi connectivity index (χ2n) is 5.01. The maximum Gasteiger partial charge on any atom is 0.119 e. The molecule has 0 bridgehead atoms. The van der Waals surface area contributed by atoms with Crippen LogP contribution in [0.25, 0.3) is 0 Å². The first-order chi connectivity index (χ1) is 8.59. The maximum atomic E-state index is 9.83. The van der Waals surface area contributed by atoms with Crippen LogP contribution >= 0.6 is 0 Å². The van der Waals surface area contributed by atoms with Gasteiger partial charge in [0.05, 0.1) is 17.2 Å². The fourth-order valence-electron chi connectivity index (χ4n) is 2.15. The Labute approximate surface area is 107 Å². The number of benzene rings is 1. The molecule has 4 heteroatoms. The van der Waals surface area contributed by atoms with E-state index in [-0.39, 0.29) is 0 Å². The Morgan fingerprint density at radius 2 is 2.17 bits per heavy atom. The van der Waals surface area contributed by atoms with E-state index in [1.807, 2.05) is 6.92 Å². The van der Waals surface area contributed by atoms with Crippen LogP contribution in [-0.2, 0) is 0 Å². The zero-order valence-electron chi connectivity index (χ0n) is 10.6. The number of nitrogens with zero attached hydrogens (tertiary/aromatic N) is 2. The van der Waals surface area contributed by atoms with E-state index in [0.29, 0.717) is 18.7 Å². The van der Waals surface area contributed by atoms with E-state index in [9.17, 15) is 5.11 Å². The molecular formula is C14H18N2O2. The first-order valence-corrected chi connectivity index (χ1v) is 6.17. The molecule has 96 valence electrons. The van der Waals surface area contributed by atoms with Crippen LogP contribution in [0.4, 0.5) is 0 Å². The molecule has 1 heterocycles. The molecule has 1 aliphatic rings. The van der Waals surface area contributed by atoms with Crippen molar-refractivity contribution >= 4 is 0 Å². The van der Waals surface area contributed by atoms with Crippen LogP contribution in [0.5, 0.6) is 5.75 Å². The third kappa shape index (κ3) is 3.46. The maximum absolute atomic E-state index is 9.83. The number of hydrogen-bond acceptors (Lipinski definition) is 4. The molecule has 4 nitrogen and oxygen atoms in total. The minimum atomic E-state index is -0.547. The van der Waals surface area contributed by atoms with Crippen molar-refractivity contribution in [2.24, 2.45) is 0 Å². The second kappa shape index (κ2) is 5.38. The number of nitriles is 1. The van der Waals surface area contributed by atoms with Crippen LogP contribution in [0.2, 0.25) is 0 Å². The third-order valence-corrected chi connectivity index (χ3v) is 3.19. The van der Waals surface area contributed by atoms with E-state index in [1.165, 1.54) is 0 Å². The van der Waals surface area contributed by atoms with Gasteiger partial charge in [0.1, 0.15) is 12.4 Å². The molecular weight excluding hydrogens is 228 g/mol. The number of likely N-dealkylation sites (tertiary alicyclic amines) is 1. The van der Waals surface area contributed by atoms with Gasteiger partial charge in [-0.25, -0.2) is 0 Å². The zero-order valence-corrected chi connectivity index (χ0v) is 10.6. The average molecular weight is 246 g/mol. The Hall–Kier alpha value is -1.57. The quantitative estimate of drug-likeness (QED) is 0.872. The summed E-state index contributed by atoms with van der Waals surface area (Å²) >= 11 is 0. The first-order valence-electron chi connectivity index (χ1n) is 6.17. The molecule has 0 aromatic heterocycles. The second-order valence-corrected chi connectivity index (χ2v) is 5.01. The zero-order chi connectivity index (χ0) is 13.0. The average Bonchev–Trinajstić information content (AvgIpc) is 2.70.